The van der Waals surface area contributed by atoms with Gasteiger partial charge in [0.1, 0.15) is 5.60 Å². The summed E-state index contributed by atoms with van der Waals surface area (Å²) in [6.45, 7) is 8.80. The van der Waals surface area contributed by atoms with Crippen LogP contribution in [-0.2, 0) is 16.0 Å². The van der Waals surface area contributed by atoms with Crippen molar-refractivity contribution in [2.45, 2.75) is 52.2 Å². The fourth-order valence-corrected chi connectivity index (χ4v) is 2.42. The van der Waals surface area contributed by atoms with Gasteiger partial charge in [0.05, 0.1) is 19.1 Å². The van der Waals surface area contributed by atoms with E-state index in [2.05, 4.69) is 28.4 Å². The highest BCUT2D eigenvalue weighted by Gasteiger charge is 2.15. The summed E-state index contributed by atoms with van der Waals surface area (Å²) < 4.78 is 10.6. The molecule has 1 aromatic rings. The van der Waals surface area contributed by atoms with E-state index in [0.717, 1.165) is 25.9 Å². The maximum atomic E-state index is 11.7. The van der Waals surface area contributed by atoms with E-state index in [0.29, 0.717) is 26.2 Å². The van der Waals surface area contributed by atoms with Gasteiger partial charge in [0.25, 0.3) is 0 Å². The molecule has 6 nitrogen and oxygen atoms in total. The summed E-state index contributed by atoms with van der Waals surface area (Å²) in [6, 6.07) is 12.3. The van der Waals surface area contributed by atoms with Gasteiger partial charge in [-0.1, -0.05) is 30.3 Å². The SMILES string of the molecule is CC(C)(C)OC(=O)NC/C=C/N(CCCCOCCC#N)Cc1ccccc1. The highest BCUT2D eigenvalue weighted by molar-refractivity contribution is 5.67. The van der Waals surface area contributed by atoms with Gasteiger partial charge in [0.15, 0.2) is 0 Å². The molecule has 0 atom stereocenters. The average molecular weight is 388 g/mol. The molecule has 0 aromatic heterocycles. The summed E-state index contributed by atoms with van der Waals surface area (Å²) in [5.41, 5.74) is 0.736. The number of amides is 1. The van der Waals surface area contributed by atoms with Gasteiger partial charge in [-0.2, -0.15) is 5.26 Å². The van der Waals surface area contributed by atoms with Crippen LogP contribution in [0, 0.1) is 11.3 Å². The van der Waals surface area contributed by atoms with Crippen molar-refractivity contribution in [3.05, 3.63) is 48.2 Å². The second kappa shape index (κ2) is 13.6. The summed E-state index contributed by atoms with van der Waals surface area (Å²) in [7, 11) is 0. The number of unbranched alkanes of at least 4 members (excludes halogenated alkanes) is 1. The highest BCUT2D eigenvalue weighted by Crippen LogP contribution is 2.08. The van der Waals surface area contributed by atoms with Crippen molar-refractivity contribution in [1.82, 2.24) is 10.2 Å². The Morgan fingerprint density at radius 3 is 2.64 bits per heavy atom. The largest absolute Gasteiger partial charge is 0.444 e. The van der Waals surface area contributed by atoms with Gasteiger partial charge in [-0.15, -0.1) is 0 Å². The van der Waals surface area contributed by atoms with Crippen LogP contribution < -0.4 is 5.32 Å². The molecule has 0 radical (unpaired) electrons. The third-order valence-electron chi connectivity index (χ3n) is 3.65. The number of alkyl carbamates (subject to hydrolysis) is 1. The zero-order valence-electron chi connectivity index (χ0n) is 17.3. The summed E-state index contributed by atoms with van der Waals surface area (Å²) in [5, 5.41) is 11.2. The fraction of sp³-hybridized carbons (Fsp3) is 0.545. The molecule has 0 spiro atoms. The van der Waals surface area contributed by atoms with Crippen LogP contribution in [-0.4, -0.2) is 42.9 Å². The van der Waals surface area contributed by atoms with Gasteiger partial charge in [-0.3, -0.25) is 0 Å². The number of carbonyl (C=O) groups is 1. The molecule has 0 fully saturated rings. The molecule has 0 saturated carbocycles. The van der Waals surface area contributed by atoms with Crippen LogP contribution in [0.2, 0.25) is 0 Å². The molecule has 1 amide bonds. The molecule has 1 aromatic carbocycles. The Kier molecular flexibility index (Phi) is 11.4. The lowest BCUT2D eigenvalue weighted by molar-refractivity contribution is 0.0534. The van der Waals surface area contributed by atoms with Gasteiger partial charge in [-0.25, -0.2) is 4.79 Å². The number of carbonyl (C=O) groups excluding carboxylic acids is 1. The van der Waals surface area contributed by atoms with Crippen molar-refractivity contribution in [3.8, 4) is 6.07 Å². The van der Waals surface area contributed by atoms with E-state index < -0.39 is 11.7 Å². The quantitative estimate of drug-likeness (QED) is 0.543. The van der Waals surface area contributed by atoms with E-state index in [1.54, 1.807) is 0 Å². The van der Waals surface area contributed by atoms with Crippen molar-refractivity contribution < 1.29 is 14.3 Å². The Bertz CT molecular complexity index is 618. The minimum Gasteiger partial charge on any atom is -0.444 e. The summed E-state index contributed by atoms with van der Waals surface area (Å²) in [6.07, 6.45) is 5.90. The first kappa shape index (κ1) is 23.5. The molecule has 1 rings (SSSR count). The zero-order chi connectivity index (χ0) is 20.7. The lowest BCUT2D eigenvalue weighted by Gasteiger charge is -2.21. The molecule has 6 heteroatoms. The van der Waals surface area contributed by atoms with E-state index in [4.69, 9.17) is 14.7 Å². The van der Waals surface area contributed by atoms with Crippen LogP contribution in [0.3, 0.4) is 0 Å². The number of nitrogens with zero attached hydrogens (tertiary/aromatic N) is 2. The number of rotatable bonds is 12. The van der Waals surface area contributed by atoms with E-state index in [1.165, 1.54) is 5.56 Å². The minimum atomic E-state index is -0.498. The number of benzene rings is 1. The third-order valence-corrected chi connectivity index (χ3v) is 3.65. The minimum absolute atomic E-state index is 0.414. The standard InChI is InChI=1S/C22H33N3O3/c1-22(2,3)28-21(26)24-14-10-16-25(19-20-11-5-4-6-12-20)15-7-8-17-27-18-9-13-23/h4-6,10-12,16H,7-9,14-15,17-19H2,1-3H3,(H,24,26)/b16-10+. The first-order valence-electron chi connectivity index (χ1n) is 9.77. The molecule has 0 unspecified atom stereocenters. The molecule has 0 bridgehead atoms. The van der Waals surface area contributed by atoms with Gasteiger partial charge >= 0.3 is 6.09 Å². The second-order valence-corrected chi connectivity index (χ2v) is 7.45. The number of hydrogen-bond donors (Lipinski definition) is 1. The molecule has 1 N–H and O–H groups in total. The van der Waals surface area contributed by atoms with Crippen molar-refractivity contribution in [3.63, 3.8) is 0 Å². The Hall–Kier alpha value is -2.52. The summed E-state index contributed by atoms with van der Waals surface area (Å²) >= 11 is 0. The molecule has 0 aliphatic rings. The maximum absolute atomic E-state index is 11.7. The molecule has 0 saturated heterocycles. The lowest BCUT2D eigenvalue weighted by Crippen LogP contribution is -2.32. The predicted octanol–water partition coefficient (Wildman–Crippen LogP) is 4.24. The molecular formula is C22H33N3O3. The number of hydrogen-bond acceptors (Lipinski definition) is 5. The van der Waals surface area contributed by atoms with Crippen LogP contribution in [0.4, 0.5) is 4.79 Å². The smallest absolute Gasteiger partial charge is 0.407 e. The number of ether oxygens (including phenoxy) is 2. The van der Waals surface area contributed by atoms with E-state index in [9.17, 15) is 4.79 Å². The maximum Gasteiger partial charge on any atom is 0.407 e. The first-order chi connectivity index (χ1) is 13.4. The summed E-state index contributed by atoms with van der Waals surface area (Å²) in [5.74, 6) is 0. The van der Waals surface area contributed by atoms with Gasteiger partial charge in [0, 0.05) is 26.2 Å². The van der Waals surface area contributed by atoms with Crippen LogP contribution in [0.25, 0.3) is 0 Å². The van der Waals surface area contributed by atoms with Crippen molar-refractivity contribution in [2.24, 2.45) is 0 Å². The highest BCUT2D eigenvalue weighted by atomic mass is 16.6. The number of nitrogens with one attached hydrogen (secondary N) is 1. The number of nitriles is 1. The molecule has 0 aliphatic carbocycles. The first-order valence-corrected chi connectivity index (χ1v) is 9.77. The average Bonchev–Trinajstić information content (AvgIpc) is 2.63. The lowest BCUT2D eigenvalue weighted by atomic mass is 10.2. The Labute approximate surface area is 169 Å². The van der Waals surface area contributed by atoms with E-state index >= 15 is 0 Å². The Balaban J connectivity index is 2.42. The van der Waals surface area contributed by atoms with E-state index in [-0.39, 0.29) is 0 Å². The van der Waals surface area contributed by atoms with Gasteiger partial charge in [-0.05, 0) is 51.5 Å². The van der Waals surface area contributed by atoms with Crippen molar-refractivity contribution in [1.29, 1.82) is 5.26 Å². The Morgan fingerprint density at radius 1 is 1.21 bits per heavy atom. The Morgan fingerprint density at radius 2 is 1.96 bits per heavy atom. The fourth-order valence-electron chi connectivity index (χ4n) is 2.42. The molecule has 154 valence electrons. The van der Waals surface area contributed by atoms with Crippen LogP contribution in [0.15, 0.2) is 42.6 Å². The van der Waals surface area contributed by atoms with Crippen LogP contribution >= 0.6 is 0 Å². The van der Waals surface area contributed by atoms with E-state index in [1.807, 2.05) is 51.2 Å². The van der Waals surface area contributed by atoms with Gasteiger partial charge in [0.2, 0.25) is 0 Å². The molecule has 0 heterocycles. The molecule has 28 heavy (non-hydrogen) atoms. The normalized spacial score (nSPS) is 11.2. The molecule has 0 aliphatic heterocycles. The topological polar surface area (TPSA) is 74.6 Å². The van der Waals surface area contributed by atoms with Crippen LogP contribution in [0.5, 0.6) is 0 Å². The predicted molar refractivity (Wildman–Crippen MR) is 111 cm³/mol. The van der Waals surface area contributed by atoms with Crippen LogP contribution in [0.1, 0.15) is 45.6 Å². The van der Waals surface area contributed by atoms with Crippen molar-refractivity contribution in [2.75, 3.05) is 26.3 Å². The zero-order valence-corrected chi connectivity index (χ0v) is 17.3. The summed E-state index contributed by atoms with van der Waals surface area (Å²) in [4.78, 5) is 13.9. The third kappa shape index (κ3) is 12.8. The van der Waals surface area contributed by atoms with Crippen molar-refractivity contribution >= 4 is 6.09 Å². The molecular weight excluding hydrogens is 354 g/mol. The second-order valence-electron chi connectivity index (χ2n) is 7.45. The monoisotopic (exact) mass is 387 g/mol. The van der Waals surface area contributed by atoms with Gasteiger partial charge < -0.3 is 19.7 Å².